The van der Waals surface area contributed by atoms with E-state index in [1.54, 1.807) is 6.08 Å². The molecule has 0 radical (unpaired) electrons. The zero-order chi connectivity index (χ0) is 27.2. The number of aliphatic hydroxyl groups is 1. The summed E-state index contributed by atoms with van der Waals surface area (Å²) in [6.45, 7) is 0.257. The molecule has 1 amide bonds. The summed E-state index contributed by atoms with van der Waals surface area (Å²) < 4.78 is 5.88. The van der Waals surface area contributed by atoms with Crippen molar-refractivity contribution in [1.29, 1.82) is 5.26 Å². The number of nitrogens with one attached hydrogen (secondary N) is 1. The molecule has 2 unspecified atom stereocenters. The van der Waals surface area contributed by atoms with E-state index in [9.17, 15) is 15.2 Å². The molecule has 1 aliphatic heterocycles. The van der Waals surface area contributed by atoms with Gasteiger partial charge in [-0.1, -0.05) is 60.7 Å². The first-order valence-corrected chi connectivity index (χ1v) is 12.4. The number of anilines is 2. The Bertz CT molecular complexity index is 1520. The molecule has 1 aliphatic rings. The topological polar surface area (TPSA) is 137 Å². The molecule has 0 aliphatic carbocycles. The summed E-state index contributed by atoms with van der Waals surface area (Å²) >= 11 is 0. The van der Waals surface area contributed by atoms with Crippen LogP contribution in [0.1, 0.15) is 5.56 Å². The van der Waals surface area contributed by atoms with Crippen LogP contribution in [-0.2, 0) is 4.79 Å². The van der Waals surface area contributed by atoms with Crippen molar-refractivity contribution >= 4 is 23.6 Å². The monoisotopic (exact) mass is 518 g/mol. The fourth-order valence-corrected chi connectivity index (χ4v) is 4.41. The Morgan fingerprint density at radius 3 is 2.36 bits per heavy atom. The molecule has 3 aromatic carbocycles. The Kier molecular flexibility index (Phi) is 7.48. The summed E-state index contributed by atoms with van der Waals surface area (Å²) in [6, 6.07) is 27.4. The highest BCUT2D eigenvalue weighted by molar-refractivity contribution is 6.02. The summed E-state index contributed by atoms with van der Waals surface area (Å²) in [5.74, 6) is 1.64. The summed E-state index contributed by atoms with van der Waals surface area (Å²) in [5, 5.41) is 23.6. The molecule has 4 aromatic rings. The largest absolute Gasteiger partial charge is 0.457 e. The Morgan fingerprint density at radius 1 is 1.00 bits per heavy atom. The van der Waals surface area contributed by atoms with Crippen LogP contribution in [-0.4, -0.2) is 51.1 Å². The molecular formula is C30H26N6O3. The number of hydrogen-bond donors (Lipinski definition) is 3. The zero-order valence-corrected chi connectivity index (χ0v) is 20.9. The van der Waals surface area contributed by atoms with Gasteiger partial charge in [-0.3, -0.25) is 4.79 Å². The number of amides is 1. The summed E-state index contributed by atoms with van der Waals surface area (Å²) in [7, 11) is 0. The van der Waals surface area contributed by atoms with Gasteiger partial charge in [0, 0.05) is 13.1 Å². The number of para-hydroxylation sites is 1. The van der Waals surface area contributed by atoms with Crippen LogP contribution in [0.4, 0.5) is 11.6 Å². The van der Waals surface area contributed by atoms with Crippen LogP contribution in [0.15, 0.2) is 96.8 Å². The van der Waals surface area contributed by atoms with Gasteiger partial charge in [0.2, 0.25) is 0 Å². The number of β-amino-alcohol motifs (C(OH)–C–C–N with tert-alkyl or cyclic N) is 1. The number of hydrogen-bond acceptors (Lipinski definition) is 8. The third kappa shape index (κ3) is 5.87. The van der Waals surface area contributed by atoms with E-state index in [2.05, 4.69) is 15.3 Å². The van der Waals surface area contributed by atoms with Crippen LogP contribution in [0.25, 0.3) is 17.2 Å². The maximum absolute atomic E-state index is 13.1. The maximum Gasteiger partial charge on any atom is 0.264 e. The second-order valence-electron chi connectivity index (χ2n) is 9.03. The van der Waals surface area contributed by atoms with Crippen LogP contribution in [0.2, 0.25) is 0 Å². The van der Waals surface area contributed by atoms with Gasteiger partial charge in [0.15, 0.2) is 0 Å². The number of aliphatic hydroxyl groups excluding tert-OH is 1. The van der Waals surface area contributed by atoms with Crippen molar-refractivity contribution in [2.75, 3.05) is 24.1 Å². The van der Waals surface area contributed by atoms with E-state index in [4.69, 9.17) is 10.5 Å². The van der Waals surface area contributed by atoms with Gasteiger partial charge in [-0.2, -0.15) is 5.26 Å². The van der Waals surface area contributed by atoms with Crippen LogP contribution >= 0.6 is 0 Å². The molecule has 1 aromatic heterocycles. The smallest absolute Gasteiger partial charge is 0.264 e. The van der Waals surface area contributed by atoms with Crippen LogP contribution < -0.4 is 15.8 Å². The number of carbonyl (C=O) groups excluding carboxylic acids is 1. The third-order valence-corrected chi connectivity index (χ3v) is 6.36. The minimum absolute atomic E-state index is 0.00108. The molecular weight excluding hydrogens is 492 g/mol. The first-order chi connectivity index (χ1) is 19.0. The number of benzene rings is 3. The highest BCUT2D eigenvalue weighted by Gasteiger charge is 2.36. The van der Waals surface area contributed by atoms with Gasteiger partial charge in [0.25, 0.3) is 5.91 Å². The van der Waals surface area contributed by atoms with Crippen molar-refractivity contribution in [3.63, 3.8) is 0 Å². The Morgan fingerprint density at radius 2 is 1.67 bits per heavy atom. The van der Waals surface area contributed by atoms with Gasteiger partial charge >= 0.3 is 0 Å². The average molecular weight is 519 g/mol. The lowest BCUT2D eigenvalue weighted by Gasteiger charge is -2.20. The molecule has 194 valence electrons. The molecule has 5 rings (SSSR count). The van der Waals surface area contributed by atoms with Crippen molar-refractivity contribution < 1.29 is 14.6 Å². The molecule has 2 heterocycles. The number of nitriles is 1. The van der Waals surface area contributed by atoms with E-state index in [0.29, 0.717) is 17.1 Å². The number of nitrogen functional groups attached to an aromatic ring is 1. The van der Waals surface area contributed by atoms with E-state index < -0.39 is 18.1 Å². The normalized spacial score (nSPS) is 16.9. The molecule has 1 fully saturated rings. The average Bonchev–Trinajstić information content (AvgIpc) is 3.33. The summed E-state index contributed by atoms with van der Waals surface area (Å²) in [6.07, 6.45) is 2.01. The molecule has 39 heavy (non-hydrogen) atoms. The molecule has 4 N–H and O–H groups in total. The second kappa shape index (κ2) is 11.5. The lowest BCUT2D eigenvalue weighted by molar-refractivity contribution is -0.126. The van der Waals surface area contributed by atoms with Crippen molar-refractivity contribution in [1.82, 2.24) is 14.9 Å². The maximum atomic E-state index is 13.1. The van der Waals surface area contributed by atoms with E-state index in [1.807, 2.05) is 91.0 Å². The van der Waals surface area contributed by atoms with E-state index in [-0.39, 0.29) is 24.5 Å². The Hall–Kier alpha value is -5.20. The van der Waals surface area contributed by atoms with Crippen LogP contribution in [0, 0.1) is 11.3 Å². The van der Waals surface area contributed by atoms with Gasteiger partial charge < -0.3 is 25.8 Å². The standard InChI is InChI=1S/C30H26N6O3/c31-16-22(15-20-7-3-1-4-8-20)30(38)36-17-25(26(37)18-36)35-29-27(28(32)33-19-34-29)21-11-13-24(14-12-21)39-23-9-5-2-6-10-23/h1-15,19,25-26,37H,17-18H2,(H3,32,33,34,35). The summed E-state index contributed by atoms with van der Waals surface area (Å²) in [5.41, 5.74) is 8.31. The van der Waals surface area contributed by atoms with Crippen molar-refractivity contribution in [3.05, 3.63) is 102 Å². The van der Waals surface area contributed by atoms with E-state index in [0.717, 1.165) is 16.9 Å². The molecule has 0 bridgehead atoms. The van der Waals surface area contributed by atoms with Gasteiger partial charge in [0.05, 0.1) is 17.7 Å². The lowest BCUT2D eigenvalue weighted by Crippen LogP contribution is -2.33. The Labute approximate surface area is 225 Å². The highest BCUT2D eigenvalue weighted by atomic mass is 16.5. The van der Waals surface area contributed by atoms with Gasteiger partial charge in [-0.05, 0) is 41.5 Å². The molecule has 1 saturated heterocycles. The third-order valence-electron chi connectivity index (χ3n) is 6.36. The molecule has 9 heteroatoms. The minimum atomic E-state index is -0.878. The first kappa shape index (κ1) is 25.4. The second-order valence-corrected chi connectivity index (χ2v) is 9.03. The molecule has 2 atom stereocenters. The number of ether oxygens (including phenoxy) is 1. The van der Waals surface area contributed by atoms with Crippen molar-refractivity contribution in [2.24, 2.45) is 0 Å². The molecule has 0 saturated carbocycles. The highest BCUT2D eigenvalue weighted by Crippen LogP contribution is 2.33. The van der Waals surface area contributed by atoms with Gasteiger partial charge in [-0.15, -0.1) is 0 Å². The van der Waals surface area contributed by atoms with E-state index >= 15 is 0 Å². The fraction of sp³-hybridized carbons (Fsp3) is 0.133. The predicted octanol–water partition coefficient (Wildman–Crippen LogP) is 4.11. The van der Waals surface area contributed by atoms with Crippen LogP contribution in [0.3, 0.4) is 0 Å². The fourth-order valence-electron chi connectivity index (χ4n) is 4.41. The first-order valence-electron chi connectivity index (χ1n) is 12.4. The number of likely N-dealkylation sites (tertiary alicyclic amines) is 1. The molecule has 0 spiro atoms. The quantitative estimate of drug-likeness (QED) is 0.246. The minimum Gasteiger partial charge on any atom is -0.457 e. The van der Waals surface area contributed by atoms with Crippen LogP contribution in [0.5, 0.6) is 11.5 Å². The number of nitrogens with zero attached hydrogens (tertiary/aromatic N) is 4. The number of nitrogens with two attached hydrogens (primary N) is 1. The Balaban J connectivity index is 1.32. The number of carbonyl (C=O) groups is 1. The lowest BCUT2D eigenvalue weighted by atomic mass is 10.1. The SMILES string of the molecule is N#CC(=Cc1ccccc1)C(=O)N1CC(O)C(Nc2ncnc(N)c2-c2ccc(Oc3ccccc3)cc2)C1. The zero-order valence-electron chi connectivity index (χ0n) is 20.9. The van der Waals surface area contributed by atoms with Gasteiger partial charge in [0.1, 0.15) is 41.1 Å². The number of rotatable bonds is 7. The number of aromatic nitrogens is 2. The van der Waals surface area contributed by atoms with Crippen molar-refractivity contribution in [2.45, 2.75) is 12.1 Å². The molecule has 9 nitrogen and oxygen atoms in total. The predicted molar refractivity (Wildman–Crippen MR) is 148 cm³/mol. The van der Waals surface area contributed by atoms with Gasteiger partial charge in [-0.25, -0.2) is 9.97 Å². The van der Waals surface area contributed by atoms with Crippen molar-refractivity contribution in [3.8, 4) is 28.7 Å². The summed E-state index contributed by atoms with van der Waals surface area (Å²) in [4.78, 5) is 23.0. The van der Waals surface area contributed by atoms with E-state index in [1.165, 1.54) is 11.2 Å².